The Morgan fingerprint density at radius 2 is 0.818 bits per heavy atom. The minimum Gasteiger partial charge on any atom is -0.507 e. The van der Waals surface area contributed by atoms with Gasteiger partial charge in [-0.3, -0.25) is 0 Å². The third kappa shape index (κ3) is 4.52. The van der Waals surface area contributed by atoms with Crippen LogP contribution < -0.4 is 0 Å². The van der Waals surface area contributed by atoms with Crippen molar-refractivity contribution >= 4 is 0 Å². The molecule has 0 heterocycles. The number of aryl methyl sites for hydroxylation is 4. The molecule has 0 bridgehead atoms. The highest BCUT2D eigenvalue weighted by Gasteiger charge is 2.25. The fourth-order valence-corrected chi connectivity index (χ4v) is 4.74. The highest BCUT2D eigenvalue weighted by atomic mass is 16.3. The first-order chi connectivity index (χ1) is 15.5. The second-order valence-corrected chi connectivity index (χ2v) is 9.84. The number of benzene rings is 4. The molecule has 0 aliphatic heterocycles. The standard InChI is InChI=1S/C31H32O2/c1-19-11-20(2)14-23(13-19)27-17-25(7-9-29(27)32)31(5,6)26-8-10-30(33)28(18-26)24-15-21(3)12-22(4)16-24/h7-18,32-33H,1-6H3. The van der Waals surface area contributed by atoms with E-state index in [-0.39, 0.29) is 16.9 Å². The van der Waals surface area contributed by atoms with Crippen LogP contribution in [0.1, 0.15) is 47.2 Å². The van der Waals surface area contributed by atoms with Crippen LogP contribution in [0.3, 0.4) is 0 Å². The number of hydrogen-bond acceptors (Lipinski definition) is 2. The maximum atomic E-state index is 10.7. The van der Waals surface area contributed by atoms with Crippen LogP contribution >= 0.6 is 0 Å². The van der Waals surface area contributed by atoms with Crippen molar-refractivity contribution < 1.29 is 10.2 Å². The van der Waals surface area contributed by atoms with E-state index in [4.69, 9.17) is 0 Å². The molecule has 4 aromatic rings. The van der Waals surface area contributed by atoms with Crippen molar-refractivity contribution in [2.24, 2.45) is 0 Å². The molecule has 4 aromatic carbocycles. The van der Waals surface area contributed by atoms with Gasteiger partial charge in [-0.25, -0.2) is 0 Å². The van der Waals surface area contributed by atoms with Gasteiger partial charge in [0.05, 0.1) is 0 Å². The predicted molar refractivity (Wildman–Crippen MR) is 138 cm³/mol. The number of phenolic OH excluding ortho intramolecular Hbond substituents is 2. The van der Waals surface area contributed by atoms with Crippen molar-refractivity contribution in [3.05, 3.63) is 106 Å². The van der Waals surface area contributed by atoms with Crippen LogP contribution in [0.15, 0.2) is 72.8 Å². The fourth-order valence-electron chi connectivity index (χ4n) is 4.74. The van der Waals surface area contributed by atoms with Gasteiger partial charge in [0.2, 0.25) is 0 Å². The molecule has 2 heteroatoms. The molecule has 0 spiro atoms. The Morgan fingerprint density at radius 3 is 1.15 bits per heavy atom. The molecule has 0 fully saturated rings. The lowest BCUT2D eigenvalue weighted by Crippen LogP contribution is -2.19. The first-order valence-corrected chi connectivity index (χ1v) is 11.4. The normalized spacial score (nSPS) is 11.6. The molecule has 2 nitrogen and oxygen atoms in total. The van der Waals surface area contributed by atoms with Gasteiger partial charge in [0, 0.05) is 16.5 Å². The molecule has 4 rings (SSSR count). The maximum Gasteiger partial charge on any atom is 0.123 e. The molecule has 0 aliphatic carbocycles. The molecular formula is C31H32O2. The summed E-state index contributed by atoms with van der Waals surface area (Å²) in [5, 5.41) is 21.3. The monoisotopic (exact) mass is 436 g/mol. The zero-order chi connectivity index (χ0) is 23.9. The van der Waals surface area contributed by atoms with Crippen LogP contribution in [0.4, 0.5) is 0 Å². The van der Waals surface area contributed by atoms with Gasteiger partial charge in [-0.15, -0.1) is 0 Å². The van der Waals surface area contributed by atoms with Crippen LogP contribution in [-0.2, 0) is 5.41 Å². The minimum atomic E-state index is -0.331. The average molecular weight is 437 g/mol. The summed E-state index contributed by atoms with van der Waals surface area (Å²) in [6, 6.07) is 24.4. The van der Waals surface area contributed by atoms with E-state index >= 15 is 0 Å². The van der Waals surface area contributed by atoms with Crippen LogP contribution in [0.25, 0.3) is 22.3 Å². The van der Waals surface area contributed by atoms with E-state index in [9.17, 15) is 10.2 Å². The molecule has 0 radical (unpaired) electrons. The molecule has 0 unspecified atom stereocenters. The summed E-state index contributed by atoms with van der Waals surface area (Å²) >= 11 is 0. The van der Waals surface area contributed by atoms with Gasteiger partial charge < -0.3 is 10.2 Å². The van der Waals surface area contributed by atoms with E-state index in [2.05, 4.69) is 90.1 Å². The molecule has 0 aromatic heterocycles. The highest BCUT2D eigenvalue weighted by Crippen LogP contribution is 2.41. The Labute approximate surface area is 197 Å². The van der Waals surface area contributed by atoms with Gasteiger partial charge in [-0.05, 0) is 74.2 Å². The SMILES string of the molecule is Cc1cc(C)cc(-c2cc(C(C)(C)c3ccc(O)c(-c4cc(C)cc(C)c4)c3)ccc2O)c1. The largest absolute Gasteiger partial charge is 0.507 e. The van der Waals surface area contributed by atoms with Crippen LogP contribution in [0, 0.1) is 27.7 Å². The van der Waals surface area contributed by atoms with Crippen molar-refractivity contribution in [3.63, 3.8) is 0 Å². The van der Waals surface area contributed by atoms with Crippen LogP contribution in [0.2, 0.25) is 0 Å². The number of rotatable bonds is 4. The van der Waals surface area contributed by atoms with Crippen molar-refractivity contribution in [1.82, 2.24) is 0 Å². The Kier molecular flexibility index (Phi) is 5.80. The Hall–Kier alpha value is -3.52. The van der Waals surface area contributed by atoms with Crippen molar-refractivity contribution in [2.45, 2.75) is 47.0 Å². The number of hydrogen-bond donors (Lipinski definition) is 2. The summed E-state index contributed by atoms with van der Waals surface area (Å²) in [4.78, 5) is 0. The molecule has 33 heavy (non-hydrogen) atoms. The van der Waals surface area contributed by atoms with Crippen molar-refractivity contribution in [3.8, 4) is 33.8 Å². The molecule has 0 saturated heterocycles. The van der Waals surface area contributed by atoms with E-state index in [0.29, 0.717) is 0 Å². The molecule has 168 valence electrons. The minimum absolute atomic E-state index is 0.279. The van der Waals surface area contributed by atoms with Crippen LogP contribution in [-0.4, -0.2) is 10.2 Å². The zero-order valence-electron chi connectivity index (χ0n) is 20.3. The van der Waals surface area contributed by atoms with E-state index in [1.165, 1.54) is 22.3 Å². The first kappa shape index (κ1) is 22.7. The third-order valence-electron chi connectivity index (χ3n) is 6.50. The second kappa shape index (κ2) is 8.44. The van der Waals surface area contributed by atoms with Gasteiger partial charge in [0.25, 0.3) is 0 Å². The quantitative estimate of drug-likeness (QED) is 0.340. The first-order valence-electron chi connectivity index (χ1n) is 11.4. The second-order valence-electron chi connectivity index (χ2n) is 9.84. The highest BCUT2D eigenvalue weighted by molar-refractivity contribution is 5.74. The van der Waals surface area contributed by atoms with E-state index < -0.39 is 0 Å². The van der Waals surface area contributed by atoms with Crippen molar-refractivity contribution in [1.29, 1.82) is 0 Å². The van der Waals surface area contributed by atoms with E-state index in [0.717, 1.165) is 33.4 Å². The predicted octanol–water partition coefficient (Wildman–Crippen LogP) is 7.99. The Morgan fingerprint density at radius 1 is 0.485 bits per heavy atom. The van der Waals surface area contributed by atoms with Crippen LogP contribution in [0.5, 0.6) is 11.5 Å². The number of aromatic hydroxyl groups is 2. The zero-order valence-corrected chi connectivity index (χ0v) is 20.3. The van der Waals surface area contributed by atoms with Gasteiger partial charge in [0.1, 0.15) is 11.5 Å². The topological polar surface area (TPSA) is 40.5 Å². The van der Waals surface area contributed by atoms with Gasteiger partial charge >= 0.3 is 0 Å². The van der Waals surface area contributed by atoms with E-state index in [1.54, 1.807) is 12.1 Å². The average Bonchev–Trinajstić information content (AvgIpc) is 2.72. The van der Waals surface area contributed by atoms with Crippen molar-refractivity contribution in [2.75, 3.05) is 0 Å². The van der Waals surface area contributed by atoms with Gasteiger partial charge in [0.15, 0.2) is 0 Å². The molecule has 0 aliphatic rings. The van der Waals surface area contributed by atoms with Gasteiger partial charge in [-0.1, -0.05) is 84.6 Å². The number of phenols is 2. The maximum absolute atomic E-state index is 10.7. The lowest BCUT2D eigenvalue weighted by Gasteiger charge is -2.28. The molecule has 0 atom stereocenters. The summed E-state index contributed by atoms with van der Waals surface area (Å²) < 4.78 is 0. The summed E-state index contributed by atoms with van der Waals surface area (Å²) in [6.45, 7) is 12.7. The summed E-state index contributed by atoms with van der Waals surface area (Å²) in [6.07, 6.45) is 0. The third-order valence-corrected chi connectivity index (χ3v) is 6.50. The van der Waals surface area contributed by atoms with Gasteiger partial charge in [-0.2, -0.15) is 0 Å². The Bertz CT molecular complexity index is 1200. The molecular weight excluding hydrogens is 404 g/mol. The molecule has 0 saturated carbocycles. The molecule has 2 N–H and O–H groups in total. The fraction of sp³-hybridized carbons (Fsp3) is 0.226. The smallest absolute Gasteiger partial charge is 0.123 e. The Balaban J connectivity index is 1.82. The lowest BCUT2D eigenvalue weighted by molar-refractivity contribution is 0.476. The summed E-state index contributed by atoms with van der Waals surface area (Å²) in [5.74, 6) is 0.558. The molecule has 0 amide bonds. The lowest BCUT2D eigenvalue weighted by atomic mass is 9.76. The summed E-state index contributed by atoms with van der Waals surface area (Å²) in [5.41, 5.74) is 10.3. The van der Waals surface area contributed by atoms with E-state index in [1.807, 2.05) is 12.1 Å². The summed E-state index contributed by atoms with van der Waals surface area (Å²) in [7, 11) is 0.